The number of nitrogens with zero attached hydrogens (tertiary/aromatic N) is 2. The van der Waals surface area contributed by atoms with E-state index in [9.17, 15) is 5.11 Å². The maximum Gasteiger partial charge on any atom is 0.145 e. The molecule has 1 aliphatic rings. The predicted octanol–water partition coefficient (Wildman–Crippen LogP) is 5.43. The molecule has 3 aromatic rings. The van der Waals surface area contributed by atoms with E-state index in [0.717, 1.165) is 22.6 Å². The van der Waals surface area contributed by atoms with Gasteiger partial charge in [-0.25, -0.2) is 0 Å². The molecule has 0 fully saturated rings. The van der Waals surface area contributed by atoms with Crippen LogP contribution in [-0.2, 0) is 11.4 Å². The van der Waals surface area contributed by atoms with Gasteiger partial charge in [0.15, 0.2) is 0 Å². The number of halogens is 2. The molecule has 0 bridgehead atoms. The van der Waals surface area contributed by atoms with E-state index >= 15 is 0 Å². The summed E-state index contributed by atoms with van der Waals surface area (Å²) in [6.45, 7) is 1.96. The van der Waals surface area contributed by atoms with Crippen molar-refractivity contribution in [2.75, 3.05) is 19.7 Å². The molecule has 0 spiro atoms. The van der Waals surface area contributed by atoms with Gasteiger partial charge in [0, 0.05) is 31.6 Å². The Morgan fingerprint density at radius 1 is 1.00 bits per heavy atom. The average molecular weight is 485 g/mol. The quantitative estimate of drug-likeness (QED) is 0.416. The second-order valence-electron chi connectivity index (χ2n) is 8.06. The molecular weight excluding hydrogens is 459 g/mol. The number of para-hydroxylation sites is 1. The molecule has 0 saturated carbocycles. The Labute approximate surface area is 204 Å². The third-order valence-electron chi connectivity index (χ3n) is 5.35. The first-order valence-electron chi connectivity index (χ1n) is 10.9. The Morgan fingerprint density at radius 3 is 2.45 bits per heavy atom. The fourth-order valence-corrected chi connectivity index (χ4v) is 4.06. The van der Waals surface area contributed by atoms with E-state index in [1.807, 2.05) is 54.6 Å². The van der Waals surface area contributed by atoms with E-state index in [4.69, 9.17) is 32.8 Å². The summed E-state index contributed by atoms with van der Waals surface area (Å²) in [5.74, 6) is 0.741. The maximum atomic E-state index is 10.7. The van der Waals surface area contributed by atoms with Crippen LogP contribution >= 0.6 is 23.2 Å². The van der Waals surface area contributed by atoms with Crippen molar-refractivity contribution < 1.29 is 14.7 Å². The van der Waals surface area contributed by atoms with Gasteiger partial charge in [-0.05, 0) is 29.8 Å². The predicted molar refractivity (Wildman–Crippen MR) is 132 cm³/mol. The Balaban J connectivity index is 1.37. The standard InChI is InChI=1S/C26H26Cl2N2O3/c27-24-12-11-20(13-25(24)28)26-14-23(33-29-26)17-30(15-19-7-3-1-4-8-19)16-21(31)18-32-22-9-5-2-6-10-22/h1-13,21,23,31H,14-18H2/t21-,23-/m0/s1. The van der Waals surface area contributed by atoms with Crippen molar-refractivity contribution in [1.29, 1.82) is 0 Å². The van der Waals surface area contributed by atoms with Crippen LogP contribution in [0.4, 0.5) is 0 Å². The summed E-state index contributed by atoms with van der Waals surface area (Å²) < 4.78 is 5.73. The van der Waals surface area contributed by atoms with E-state index in [1.54, 1.807) is 12.1 Å². The zero-order valence-corrected chi connectivity index (χ0v) is 19.6. The molecule has 4 rings (SSSR count). The lowest BCUT2D eigenvalue weighted by molar-refractivity contribution is 0.0213. The van der Waals surface area contributed by atoms with Gasteiger partial charge in [-0.15, -0.1) is 0 Å². The first-order chi connectivity index (χ1) is 16.1. The van der Waals surface area contributed by atoms with Crippen LogP contribution in [0.5, 0.6) is 5.75 Å². The Bertz CT molecular complexity index is 1060. The van der Waals surface area contributed by atoms with Gasteiger partial charge >= 0.3 is 0 Å². The lowest BCUT2D eigenvalue weighted by Gasteiger charge is -2.27. The fraction of sp³-hybridized carbons (Fsp3) is 0.269. The highest BCUT2D eigenvalue weighted by Gasteiger charge is 2.26. The maximum absolute atomic E-state index is 10.7. The van der Waals surface area contributed by atoms with Crippen molar-refractivity contribution in [1.82, 2.24) is 4.90 Å². The Morgan fingerprint density at radius 2 is 1.73 bits per heavy atom. The molecule has 33 heavy (non-hydrogen) atoms. The topological polar surface area (TPSA) is 54.3 Å². The molecule has 2 atom stereocenters. The number of rotatable bonds is 10. The van der Waals surface area contributed by atoms with Crippen LogP contribution in [0, 0.1) is 0 Å². The van der Waals surface area contributed by atoms with Crippen LogP contribution in [0.25, 0.3) is 0 Å². The molecule has 0 amide bonds. The normalized spacial score (nSPS) is 16.4. The van der Waals surface area contributed by atoms with Crippen LogP contribution in [0.15, 0.2) is 84.0 Å². The summed E-state index contributed by atoms with van der Waals surface area (Å²) >= 11 is 12.2. The first kappa shape index (κ1) is 23.6. The van der Waals surface area contributed by atoms with Crippen molar-refractivity contribution in [3.8, 4) is 5.75 Å². The third kappa shape index (κ3) is 6.95. The van der Waals surface area contributed by atoms with Crippen LogP contribution in [0.3, 0.4) is 0 Å². The summed E-state index contributed by atoms with van der Waals surface area (Å²) in [6.07, 6.45) is -0.119. The molecule has 3 aromatic carbocycles. The molecule has 0 saturated heterocycles. The molecular formula is C26H26Cl2N2O3. The summed E-state index contributed by atoms with van der Waals surface area (Å²) in [5.41, 5.74) is 2.90. The summed E-state index contributed by atoms with van der Waals surface area (Å²) in [5, 5.41) is 15.9. The van der Waals surface area contributed by atoms with Gasteiger partial charge in [0.2, 0.25) is 0 Å². The molecule has 5 nitrogen and oxygen atoms in total. The van der Waals surface area contributed by atoms with Crippen molar-refractivity contribution in [3.63, 3.8) is 0 Å². The van der Waals surface area contributed by atoms with Gasteiger partial charge < -0.3 is 14.7 Å². The minimum absolute atomic E-state index is 0.125. The second kappa shape index (κ2) is 11.5. The second-order valence-corrected chi connectivity index (χ2v) is 8.87. The molecule has 7 heteroatoms. The van der Waals surface area contributed by atoms with Crippen molar-refractivity contribution in [3.05, 3.63) is 100 Å². The third-order valence-corrected chi connectivity index (χ3v) is 6.09. The van der Waals surface area contributed by atoms with Crippen LogP contribution in [0.2, 0.25) is 10.0 Å². The van der Waals surface area contributed by atoms with E-state index in [1.165, 1.54) is 0 Å². The number of hydrogen-bond acceptors (Lipinski definition) is 5. The van der Waals surface area contributed by atoms with Gasteiger partial charge in [-0.1, -0.05) is 83.0 Å². The molecule has 0 aromatic heterocycles. The SMILES string of the molecule is O[C@H](COc1ccccc1)CN(Cc1ccccc1)C[C@@H]1CC(c2ccc(Cl)c(Cl)c2)=NO1. The number of aliphatic hydroxyl groups is 1. The highest BCUT2D eigenvalue weighted by Crippen LogP contribution is 2.26. The number of hydrogen-bond donors (Lipinski definition) is 1. The zero-order valence-electron chi connectivity index (χ0n) is 18.1. The van der Waals surface area contributed by atoms with Crippen LogP contribution in [0.1, 0.15) is 17.5 Å². The smallest absolute Gasteiger partial charge is 0.145 e. The highest BCUT2D eigenvalue weighted by molar-refractivity contribution is 6.42. The Hall–Kier alpha value is -2.57. The lowest BCUT2D eigenvalue weighted by Crippen LogP contribution is -2.39. The van der Waals surface area contributed by atoms with Gasteiger partial charge in [0.05, 0.1) is 15.8 Å². The number of benzene rings is 3. The van der Waals surface area contributed by atoms with E-state index in [0.29, 0.717) is 36.1 Å². The van der Waals surface area contributed by atoms with Gasteiger partial charge in [-0.2, -0.15) is 0 Å². The molecule has 0 aliphatic carbocycles. The van der Waals surface area contributed by atoms with Gasteiger partial charge in [0.25, 0.3) is 0 Å². The first-order valence-corrected chi connectivity index (χ1v) is 11.6. The Kier molecular flexibility index (Phi) is 8.24. The molecule has 1 N–H and O–H groups in total. The van der Waals surface area contributed by atoms with Gasteiger partial charge in [0.1, 0.15) is 24.6 Å². The number of ether oxygens (including phenoxy) is 1. The number of aliphatic hydroxyl groups excluding tert-OH is 1. The van der Waals surface area contributed by atoms with Crippen molar-refractivity contribution in [2.24, 2.45) is 5.16 Å². The molecule has 1 aliphatic heterocycles. The molecule has 172 valence electrons. The summed E-state index contributed by atoms with van der Waals surface area (Å²) in [6, 6.07) is 25.1. The molecule has 0 radical (unpaired) electrons. The fourth-order valence-electron chi connectivity index (χ4n) is 3.77. The van der Waals surface area contributed by atoms with Crippen molar-refractivity contribution >= 4 is 28.9 Å². The largest absolute Gasteiger partial charge is 0.491 e. The minimum Gasteiger partial charge on any atom is -0.491 e. The minimum atomic E-state index is -0.647. The van der Waals surface area contributed by atoms with Crippen LogP contribution < -0.4 is 4.74 Å². The zero-order chi connectivity index (χ0) is 23.0. The number of oxime groups is 1. The van der Waals surface area contributed by atoms with E-state index in [2.05, 4.69) is 22.2 Å². The lowest BCUT2D eigenvalue weighted by atomic mass is 10.0. The van der Waals surface area contributed by atoms with E-state index in [-0.39, 0.29) is 12.7 Å². The summed E-state index contributed by atoms with van der Waals surface area (Å²) in [4.78, 5) is 7.90. The monoisotopic (exact) mass is 484 g/mol. The van der Waals surface area contributed by atoms with Crippen molar-refractivity contribution in [2.45, 2.75) is 25.2 Å². The van der Waals surface area contributed by atoms with Crippen LogP contribution in [-0.4, -0.2) is 47.6 Å². The van der Waals surface area contributed by atoms with E-state index < -0.39 is 6.10 Å². The molecule has 0 unspecified atom stereocenters. The highest BCUT2D eigenvalue weighted by atomic mass is 35.5. The summed E-state index contributed by atoms with van der Waals surface area (Å²) in [7, 11) is 0. The van der Waals surface area contributed by atoms with Gasteiger partial charge in [-0.3, -0.25) is 4.90 Å². The molecule has 1 heterocycles. The average Bonchev–Trinajstić information content (AvgIpc) is 3.29.